The first kappa shape index (κ1) is 9.90. The summed E-state index contributed by atoms with van der Waals surface area (Å²) in [5.74, 6) is -0.158. The molecule has 2 N–H and O–H groups in total. The zero-order chi connectivity index (χ0) is 10.1. The Labute approximate surface area is 86.8 Å². The highest BCUT2D eigenvalue weighted by molar-refractivity contribution is 6.31. The fraction of sp³-hybridized carbons (Fsp3) is 0.400. The molecule has 14 heavy (non-hydrogen) atoms. The van der Waals surface area contributed by atoms with Crippen molar-refractivity contribution >= 4 is 11.6 Å². The number of halogens is 2. The standard InChI is InChI=1S/C10H11ClFNO/c11-9-7(2-1-3-8(9)12)10(13)6-4-14-5-6/h1-3,6,10H,4-5,13H2. The molecule has 1 aromatic carbocycles. The van der Waals surface area contributed by atoms with Crippen molar-refractivity contribution in [2.24, 2.45) is 11.7 Å². The van der Waals surface area contributed by atoms with Gasteiger partial charge in [-0.2, -0.15) is 0 Å². The Hall–Kier alpha value is -0.640. The number of ether oxygens (including phenoxy) is 1. The number of nitrogens with two attached hydrogens (primary N) is 1. The van der Waals surface area contributed by atoms with Crippen LogP contribution in [0.5, 0.6) is 0 Å². The summed E-state index contributed by atoms with van der Waals surface area (Å²) in [7, 11) is 0. The van der Waals surface area contributed by atoms with Crippen LogP contribution in [0, 0.1) is 11.7 Å². The SMILES string of the molecule is NC(c1cccc(F)c1Cl)C1COC1. The zero-order valence-corrected chi connectivity index (χ0v) is 8.30. The second-order valence-electron chi connectivity index (χ2n) is 3.47. The highest BCUT2D eigenvalue weighted by Crippen LogP contribution is 2.31. The van der Waals surface area contributed by atoms with Gasteiger partial charge in [-0.1, -0.05) is 23.7 Å². The van der Waals surface area contributed by atoms with E-state index in [1.165, 1.54) is 6.07 Å². The number of hydrogen-bond acceptors (Lipinski definition) is 2. The van der Waals surface area contributed by atoms with Crippen molar-refractivity contribution in [3.8, 4) is 0 Å². The van der Waals surface area contributed by atoms with Gasteiger partial charge in [0.15, 0.2) is 0 Å². The van der Waals surface area contributed by atoms with E-state index in [-0.39, 0.29) is 17.0 Å². The molecule has 1 unspecified atom stereocenters. The lowest BCUT2D eigenvalue weighted by Crippen LogP contribution is -2.37. The van der Waals surface area contributed by atoms with Gasteiger partial charge in [0.05, 0.1) is 18.2 Å². The molecule has 0 spiro atoms. The Morgan fingerprint density at radius 2 is 2.21 bits per heavy atom. The van der Waals surface area contributed by atoms with Crippen molar-refractivity contribution in [2.45, 2.75) is 6.04 Å². The molecule has 1 aliphatic heterocycles. The molecule has 0 saturated carbocycles. The fourth-order valence-electron chi connectivity index (χ4n) is 1.49. The van der Waals surface area contributed by atoms with Gasteiger partial charge in [0.2, 0.25) is 0 Å². The van der Waals surface area contributed by atoms with E-state index in [1.54, 1.807) is 12.1 Å². The van der Waals surface area contributed by atoms with Gasteiger partial charge in [-0.3, -0.25) is 0 Å². The lowest BCUT2D eigenvalue weighted by Gasteiger charge is -2.31. The molecule has 1 aliphatic rings. The lowest BCUT2D eigenvalue weighted by molar-refractivity contribution is -0.0442. The Morgan fingerprint density at radius 3 is 2.79 bits per heavy atom. The average Bonchev–Trinajstić information content (AvgIpc) is 2.06. The number of rotatable bonds is 2. The molecule has 0 bridgehead atoms. The molecule has 2 rings (SSSR count). The van der Waals surface area contributed by atoms with E-state index >= 15 is 0 Å². The monoisotopic (exact) mass is 215 g/mol. The lowest BCUT2D eigenvalue weighted by atomic mass is 9.92. The second kappa shape index (κ2) is 3.85. The molecular weight excluding hydrogens is 205 g/mol. The van der Waals surface area contributed by atoms with Crippen molar-refractivity contribution in [1.29, 1.82) is 0 Å². The average molecular weight is 216 g/mol. The predicted octanol–water partition coefficient (Wildman–Crippen LogP) is 2.13. The van der Waals surface area contributed by atoms with Crippen molar-refractivity contribution in [1.82, 2.24) is 0 Å². The van der Waals surface area contributed by atoms with Crippen LogP contribution in [0.15, 0.2) is 18.2 Å². The van der Waals surface area contributed by atoms with E-state index in [0.717, 1.165) is 0 Å². The van der Waals surface area contributed by atoms with Crippen LogP contribution >= 0.6 is 11.6 Å². The third-order valence-corrected chi connectivity index (χ3v) is 2.91. The van der Waals surface area contributed by atoms with Gasteiger partial charge in [0.1, 0.15) is 5.82 Å². The Bertz CT molecular complexity index is 341. The van der Waals surface area contributed by atoms with Crippen molar-refractivity contribution in [3.63, 3.8) is 0 Å². The number of hydrogen-bond donors (Lipinski definition) is 1. The van der Waals surface area contributed by atoms with E-state index in [0.29, 0.717) is 18.8 Å². The minimum atomic E-state index is -0.417. The number of benzene rings is 1. The zero-order valence-electron chi connectivity index (χ0n) is 7.54. The minimum absolute atomic E-state index is 0.131. The summed E-state index contributed by atoms with van der Waals surface area (Å²) in [6.45, 7) is 1.27. The summed E-state index contributed by atoms with van der Waals surface area (Å²) < 4.78 is 18.1. The molecule has 1 fully saturated rings. The highest BCUT2D eigenvalue weighted by Gasteiger charge is 2.28. The van der Waals surface area contributed by atoms with Crippen LogP contribution in [0.4, 0.5) is 4.39 Å². The summed E-state index contributed by atoms with van der Waals surface area (Å²) in [6, 6.07) is 4.48. The van der Waals surface area contributed by atoms with Crippen molar-refractivity contribution in [2.75, 3.05) is 13.2 Å². The Morgan fingerprint density at radius 1 is 1.50 bits per heavy atom. The maximum absolute atomic E-state index is 13.1. The fourth-order valence-corrected chi connectivity index (χ4v) is 1.75. The van der Waals surface area contributed by atoms with Crippen LogP contribution in [-0.2, 0) is 4.74 Å². The smallest absolute Gasteiger partial charge is 0.142 e. The molecule has 0 aromatic heterocycles. The topological polar surface area (TPSA) is 35.2 Å². The molecule has 2 nitrogen and oxygen atoms in total. The third-order valence-electron chi connectivity index (χ3n) is 2.51. The van der Waals surface area contributed by atoms with E-state index in [4.69, 9.17) is 22.1 Å². The quantitative estimate of drug-likeness (QED) is 0.820. The summed E-state index contributed by atoms with van der Waals surface area (Å²) in [6.07, 6.45) is 0. The summed E-state index contributed by atoms with van der Waals surface area (Å²) in [5.41, 5.74) is 6.61. The molecule has 1 aromatic rings. The van der Waals surface area contributed by atoms with E-state index in [2.05, 4.69) is 0 Å². The van der Waals surface area contributed by atoms with E-state index in [9.17, 15) is 4.39 Å². The van der Waals surface area contributed by atoms with E-state index in [1.807, 2.05) is 0 Å². The van der Waals surface area contributed by atoms with E-state index < -0.39 is 5.82 Å². The first-order chi connectivity index (χ1) is 6.70. The maximum Gasteiger partial charge on any atom is 0.142 e. The Kier molecular flexibility index (Phi) is 2.72. The van der Waals surface area contributed by atoms with Gasteiger partial charge < -0.3 is 10.5 Å². The summed E-state index contributed by atoms with van der Waals surface area (Å²) in [4.78, 5) is 0. The molecular formula is C10H11ClFNO. The van der Waals surface area contributed by atoms with Gasteiger partial charge in [0.25, 0.3) is 0 Å². The van der Waals surface area contributed by atoms with Gasteiger partial charge in [-0.15, -0.1) is 0 Å². The molecule has 1 saturated heterocycles. The largest absolute Gasteiger partial charge is 0.381 e. The summed E-state index contributed by atoms with van der Waals surface area (Å²) in [5, 5.41) is 0.131. The molecule has 1 heterocycles. The molecule has 0 aliphatic carbocycles. The first-order valence-corrected chi connectivity index (χ1v) is 4.85. The van der Waals surface area contributed by atoms with Crippen molar-refractivity contribution in [3.05, 3.63) is 34.6 Å². The molecule has 76 valence electrons. The Balaban J connectivity index is 2.26. The normalized spacial score (nSPS) is 19.1. The van der Waals surface area contributed by atoms with Gasteiger partial charge >= 0.3 is 0 Å². The van der Waals surface area contributed by atoms with Crippen molar-refractivity contribution < 1.29 is 9.13 Å². The first-order valence-electron chi connectivity index (χ1n) is 4.47. The summed E-state index contributed by atoms with van der Waals surface area (Å²) >= 11 is 5.82. The van der Waals surface area contributed by atoms with Crippen LogP contribution in [-0.4, -0.2) is 13.2 Å². The van der Waals surface area contributed by atoms with Crippen LogP contribution in [0.2, 0.25) is 5.02 Å². The van der Waals surface area contributed by atoms with Gasteiger partial charge in [0, 0.05) is 12.0 Å². The molecule has 0 radical (unpaired) electrons. The van der Waals surface area contributed by atoms with Crippen LogP contribution in [0.25, 0.3) is 0 Å². The van der Waals surface area contributed by atoms with Crippen LogP contribution < -0.4 is 5.73 Å². The highest BCUT2D eigenvalue weighted by atomic mass is 35.5. The third kappa shape index (κ3) is 1.63. The van der Waals surface area contributed by atoms with Crippen LogP contribution in [0.1, 0.15) is 11.6 Å². The molecule has 1 atom stereocenters. The second-order valence-corrected chi connectivity index (χ2v) is 3.84. The molecule has 4 heteroatoms. The van der Waals surface area contributed by atoms with Gasteiger partial charge in [-0.25, -0.2) is 4.39 Å². The predicted molar refractivity (Wildman–Crippen MR) is 52.6 cm³/mol. The minimum Gasteiger partial charge on any atom is -0.381 e. The van der Waals surface area contributed by atoms with Crippen LogP contribution in [0.3, 0.4) is 0 Å². The maximum atomic E-state index is 13.1. The van der Waals surface area contributed by atoms with Gasteiger partial charge in [-0.05, 0) is 11.6 Å². The molecule has 0 amide bonds.